The Labute approximate surface area is 120 Å². The van der Waals surface area contributed by atoms with Gasteiger partial charge in [-0.15, -0.1) is 11.3 Å². The molecule has 2 aromatic rings. The van der Waals surface area contributed by atoms with Gasteiger partial charge in [0.2, 0.25) is 5.76 Å². The van der Waals surface area contributed by atoms with Crippen molar-refractivity contribution in [1.29, 1.82) is 0 Å². The van der Waals surface area contributed by atoms with Gasteiger partial charge in [-0.05, 0) is 37.1 Å². The SMILES string of the molecule is CCc1sc(C(=O)NCc2ccc(C(=O)O)o2)cc1C. The van der Waals surface area contributed by atoms with Crippen LogP contribution in [0.2, 0.25) is 0 Å². The highest BCUT2D eigenvalue weighted by Crippen LogP contribution is 2.22. The minimum Gasteiger partial charge on any atom is -0.475 e. The number of hydrogen-bond acceptors (Lipinski definition) is 4. The first-order valence-electron chi connectivity index (χ1n) is 6.20. The van der Waals surface area contributed by atoms with E-state index >= 15 is 0 Å². The van der Waals surface area contributed by atoms with Crippen molar-refractivity contribution in [2.24, 2.45) is 0 Å². The maximum absolute atomic E-state index is 12.0. The van der Waals surface area contributed by atoms with E-state index in [9.17, 15) is 9.59 Å². The maximum atomic E-state index is 12.0. The van der Waals surface area contributed by atoms with Gasteiger partial charge in [0.05, 0.1) is 11.4 Å². The Kier molecular flexibility index (Phi) is 4.24. The number of carboxylic acids is 1. The van der Waals surface area contributed by atoms with Gasteiger partial charge < -0.3 is 14.8 Å². The molecule has 0 fully saturated rings. The van der Waals surface area contributed by atoms with Crippen LogP contribution < -0.4 is 5.32 Å². The topological polar surface area (TPSA) is 79.5 Å². The molecule has 0 aromatic carbocycles. The van der Waals surface area contributed by atoms with Crippen molar-refractivity contribution < 1.29 is 19.1 Å². The quantitative estimate of drug-likeness (QED) is 0.888. The number of hydrogen-bond donors (Lipinski definition) is 2. The summed E-state index contributed by atoms with van der Waals surface area (Å²) in [5.74, 6) is -1.01. The fourth-order valence-electron chi connectivity index (χ4n) is 1.83. The number of aryl methyl sites for hydroxylation is 2. The molecule has 0 spiro atoms. The zero-order valence-corrected chi connectivity index (χ0v) is 12.0. The Morgan fingerprint density at radius 3 is 2.70 bits per heavy atom. The summed E-state index contributed by atoms with van der Waals surface area (Å²) in [7, 11) is 0. The van der Waals surface area contributed by atoms with Crippen LogP contribution in [0.4, 0.5) is 0 Å². The normalized spacial score (nSPS) is 10.5. The van der Waals surface area contributed by atoms with Crippen LogP contribution in [0, 0.1) is 6.92 Å². The van der Waals surface area contributed by atoms with Gasteiger partial charge in [0.25, 0.3) is 5.91 Å². The van der Waals surface area contributed by atoms with Gasteiger partial charge in [-0.2, -0.15) is 0 Å². The monoisotopic (exact) mass is 293 g/mol. The summed E-state index contributed by atoms with van der Waals surface area (Å²) in [4.78, 5) is 24.5. The smallest absolute Gasteiger partial charge is 0.371 e. The molecule has 2 aromatic heterocycles. The number of amides is 1. The van der Waals surface area contributed by atoms with Crippen molar-refractivity contribution in [3.05, 3.63) is 45.0 Å². The van der Waals surface area contributed by atoms with E-state index in [1.807, 2.05) is 13.0 Å². The molecule has 20 heavy (non-hydrogen) atoms. The van der Waals surface area contributed by atoms with Crippen molar-refractivity contribution in [3.8, 4) is 0 Å². The van der Waals surface area contributed by atoms with E-state index in [-0.39, 0.29) is 18.2 Å². The standard InChI is InChI=1S/C14H15NO4S/c1-3-11-8(2)6-12(20-11)13(16)15-7-9-4-5-10(19-9)14(17)18/h4-6H,3,7H2,1-2H3,(H,15,16)(H,17,18). The third-order valence-electron chi connectivity index (χ3n) is 2.86. The molecule has 6 heteroatoms. The molecule has 2 heterocycles. The zero-order chi connectivity index (χ0) is 14.7. The Morgan fingerprint density at radius 2 is 2.15 bits per heavy atom. The van der Waals surface area contributed by atoms with Gasteiger partial charge in [0.15, 0.2) is 0 Å². The summed E-state index contributed by atoms with van der Waals surface area (Å²) in [5, 5.41) is 11.5. The van der Waals surface area contributed by atoms with E-state index in [0.29, 0.717) is 10.6 Å². The van der Waals surface area contributed by atoms with Crippen LogP contribution in [0.15, 0.2) is 22.6 Å². The van der Waals surface area contributed by atoms with Crippen molar-refractivity contribution in [2.75, 3.05) is 0 Å². The second kappa shape index (κ2) is 5.92. The van der Waals surface area contributed by atoms with Gasteiger partial charge in [-0.1, -0.05) is 6.92 Å². The summed E-state index contributed by atoms with van der Waals surface area (Å²) in [5.41, 5.74) is 1.12. The third-order valence-corrected chi connectivity index (χ3v) is 4.24. The molecule has 106 valence electrons. The number of carbonyl (C=O) groups excluding carboxylic acids is 1. The molecule has 0 saturated heterocycles. The highest BCUT2D eigenvalue weighted by molar-refractivity contribution is 7.14. The molecule has 2 rings (SSSR count). The summed E-state index contributed by atoms with van der Waals surface area (Å²) in [6, 6.07) is 4.78. The van der Waals surface area contributed by atoms with E-state index in [2.05, 4.69) is 12.2 Å². The minimum atomic E-state index is -1.12. The summed E-state index contributed by atoms with van der Waals surface area (Å²) >= 11 is 1.48. The molecule has 0 aliphatic rings. The Balaban J connectivity index is 1.98. The highest BCUT2D eigenvalue weighted by Gasteiger charge is 2.13. The van der Waals surface area contributed by atoms with Gasteiger partial charge in [-0.25, -0.2) is 4.79 Å². The van der Waals surface area contributed by atoms with Crippen LogP contribution in [0.1, 0.15) is 43.4 Å². The summed E-state index contributed by atoms with van der Waals surface area (Å²) in [6.45, 7) is 4.21. The number of carbonyl (C=O) groups is 2. The second-order valence-electron chi connectivity index (χ2n) is 4.32. The molecule has 0 saturated carbocycles. The van der Waals surface area contributed by atoms with Gasteiger partial charge in [-0.3, -0.25) is 4.79 Å². The molecule has 0 bridgehead atoms. The van der Waals surface area contributed by atoms with Gasteiger partial charge >= 0.3 is 5.97 Å². The van der Waals surface area contributed by atoms with Gasteiger partial charge in [0, 0.05) is 4.88 Å². The molecule has 0 aliphatic heterocycles. The molecule has 0 atom stereocenters. The number of carboxylic acid groups (broad SMARTS) is 1. The van der Waals surface area contributed by atoms with Crippen LogP contribution in [0.25, 0.3) is 0 Å². The fourth-order valence-corrected chi connectivity index (χ4v) is 2.86. The predicted molar refractivity (Wildman–Crippen MR) is 75.3 cm³/mol. The van der Waals surface area contributed by atoms with Crippen LogP contribution in [-0.4, -0.2) is 17.0 Å². The van der Waals surface area contributed by atoms with Crippen LogP contribution in [-0.2, 0) is 13.0 Å². The van der Waals surface area contributed by atoms with E-state index < -0.39 is 5.97 Å². The average Bonchev–Trinajstić information content (AvgIpc) is 3.02. The number of aromatic carboxylic acids is 1. The molecule has 0 aliphatic carbocycles. The lowest BCUT2D eigenvalue weighted by Crippen LogP contribution is -2.21. The number of thiophene rings is 1. The Bertz CT molecular complexity index is 641. The van der Waals surface area contributed by atoms with E-state index in [0.717, 1.165) is 12.0 Å². The highest BCUT2D eigenvalue weighted by atomic mass is 32.1. The number of nitrogens with one attached hydrogen (secondary N) is 1. The van der Waals surface area contributed by atoms with Crippen molar-refractivity contribution >= 4 is 23.2 Å². The zero-order valence-electron chi connectivity index (χ0n) is 11.2. The minimum absolute atomic E-state index is 0.130. The Morgan fingerprint density at radius 1 is 1.40 bits per heavy atom. The molecule has 2 N–H and O–H groups in total. The molecular formula is C14H15NO4S. The van der Waals surface area contributed by atoms with Crippen LogP contribution in [0.5, 0.6) is 0 Å². The summed E-state index contributed by atoms with van der Waals surface area (Å²) < 4.78 is 5.07. The first-order chi connectivity index (χ1) is 9.51. The van der Waals surface area contributed by atoms with Crippen LogP contribution in [0.3, 0.4) is 0 Å². The van der Waals surface area contributed by atoms with Crippen LogP contribution >= 0.6 is 11.3 Å². The van der Waals surface area contributed by atoms with Gasteiger partial charge in [0.1, 0.15) is 5.76 Å². The lowest BCUT2D eigenvalue weighted by Gasteiger charge is -2.00. The number of rotatable bonds is 5. The van der Waals surface area contributed by atoms with E-state index in [1.54, 1.807) is 6.07 Å². The lowest BCUT2D eigenvalue weighted by atomic mass is 10.2. The van der Waals surface area contributed by atoms with Crippen molar-refractivity contribution in [1.82, 2.24) is 5.32 Å². The molecular weight excluding hydrogens is 278 g/mol. The first kappa shape index (κ1) is 14.3. The van der Waals surface area contributed by atoms with E-state index in [1.165, 1.54) is 22.3 Å². The fraction of sp³-hybridized carbons (Fsp3) is 0.286. The van der Waals surface area contributed by atoms with E-state index in [4.69, 9.17) is 9.52 Å². The molecule has 1 amide bonds. The number of furan rings is 1. The molecule has 0 unspecified atom stereocenters. The van der Waals surface area contributed by atoms with Crippen molar-refractivity contribution in [2.45, 2.75) is 26.8 Å². The first-order valence-corrected chi connectivity index (χ1v) is 7.02. The second-order valence-corrected chi connectivity index (χ2v) is 5.46. The Hall–Kier alpha value is -2.08. The van der Waals surface area contributed by atoms with Crippen molar-refractivity contribution in [3.63, 3.8) is 0 Å². The maximum Gasteiger partial charge on any atom is 0.371 e. The average molecular weight is 293 g/mol. The predicted octanol–water partition coefficient (Wildman–Crippen LogP) is 2.84. The molecule has 5 nitrogen and oxygen atoms in total. The third kappa shape index (κ3) is 3.08. The summed E-state index contributed by atoms with van der Waals surface area (Å²) in [6.07, 6.45) is 0.907. The lowest BCUT2D eigenvalue weighted by molar-refractivity contribution is 0.0660. The molecule has 0 radical (unpaired) electrons. The largest absolute Gasteiger partial charge is 0.475 e.